The molecule has 1 atom stereocenters. The number of ether oxygens (including phenoxy) is 1. The third-order valence-corrected chi connectivity index (χ3v) is 4.60. The average molecular weight is 392 g/mol. The van der Waals surface area contributed by atoms with Crippen LogP contribution in [0.5, 0.6) is 5.75 Å². The summed E-state index contributed by atoms with van der Waals surface area (Å²) >= 11 is 3.47. The summed E-state index contributed by atoms with van der Waals surface area (Å²) < 4.78 is 6.37. The molecule has 0 aromatic heterocycles. The first-order valence-corrected chi connectivity index (χ1v) is 8.04. The van der Waals surface area contributed by atoms with Crippen LogP contribution in [0.2, 0.25) is 0 Å². The Balaban J connectivity index is 0.00000242. The molecule has 0 spiro atoms. The maximum absolute atomic E-state index is 12.7. The SMILES string of the molecule is COc1ccc(Br)cc1CN(C)C(=O)C1(C)CCCNC1.Cl. The Morgan fingerprint density at radius 1 is 1.50 bits per heavy atom. The predicted octanol–water partition coefficient (Wildman–Crippen LogP) is 3.23. The van der Waals surface area contributed by atoms with E-state index in [-0.39, 0.29) is 23.7 Å². The van der Waals surface area contributed by atoms with Crippen LogP contribution in [-0.2, 0) is 11.3 Å². The van der Waals surface area contributed by atoms with E-state index in [9.17, 15) is 4.79 Å². The summed E-state index contributed by atoms with van der Waals surface area (Å²) in [4.78, 5) is 14.5. The van der Waals surface area contributed by atoms with Crippen LogP contribution >= 0.6 is 28.3 Å². The molecular weight excluding hydrogens is 368 g/mol. The first-order chi connectivity index (χ1) is 9.96. The van der Waals surface area contributed by atoms with Crippen molar-refractivity contribution in [1.82, 2.24) is 10.2 Å². The van der Waals surface area contributed by atoms with Crippen molar-refractivity contribution in [3.63, 3.8) is 0 Å². The Bertz CT molecular complexity index is 519. The molecule has 0 radical (unpaired) electrons. The van der Waals surface area contributed by atoms with Gasteiger partial charge in [-0.2, -0.15) is 0 Å². The van der Waals surface area contributed by atoms with Gasteiger partial charge >= 0.3 is 0 Å². The largest absolute Gasteiger partial charge is 0.496 e. The summed E-state index contributed by atoms with van der Waals surface area (Å²) in [5, 5.41) is 3.33. The van der Waals surface area contributed by atoms with Crippen molar-refractivity contribution in [2.45, 2.75) is 26.3 Å². The van der Waals surface area contributed by atoms with Crippen LogP contribution in [-0.4, -0.2) is 38.1 Å². The number of halogens is 2. The zero-order valence-corrected chi connectivity index (χ0v) is 15.7. The summed E-state index contributed by atoms with van der Waals surface area (Å²) in [6.07, 6.45) is 2.00. The highest BCUT2D eigenvalue weighted by Gasteiger charge is 2.36. The molecule has 1 unspecified atom stereocenters. The minimum atomic E-state index is -0.299. The zero-order valence-electron chi connectivity index (χ0n) is 13.3. The summed E-state index contributed by atoms with van der Waals surface area (Å²) in [5.41, 5.74) is 0.710. The van der Waals surface area contributed by atoms with E-state index in [1.807, 2.05) is 25.2 Å². The van der Waals surface area contributed by atoms with Gasteiger partial charge in [0, 0.05) is 30.2 Å². The van der Waals surface area contributed by atoms with Crippen molar-refractivity contribution in [3.05, 3.63) is 28.2 Å². The van der Waals surface area contributed by atoms with E-state index in [0.29, 0.717) is 6.54 Å². The van der Waals surface area contributed by atoms with Gasteiger partial charge in [0.25, 0.3) is 0 Å². The van der Waals surface area contributed by atoms with E-state index in [1.165, 1.54) is 0 Å². The van der Waals surface area contributed by atoms with E-state index >= 15 is 0 Å². The third kappa shape index (κ3) is 4.37. The van der Waals surface area contributed by atoms with E-state index in [0.717, 1.165) is 41.7 Å². The van der Waals surface area contributed by atoms with E-state index in [1.54, 1.807) is 12.0 Å². The van der Waals surface area contributed by atoms with Crippen molar-refractivity contribution in [2.24, 2.45) is 5.41 Å². The lowest BCUT2D eigenvalue weighted by atomic mass is 9.81. The first-order valence-electron chi connectivity index (χ1n) is 7.25. The Labute approximate surface area is 147 Å². The Kier molecular flexibility index (Phi) is 7.16. The highest BCUT2D eigenvalue weighted by atomic mass is 79.9. The molecule has 1 saturated heterocycles. The number of benzene rings is 1. The zero-order chi connectivity index (χ0) is 15.5. The molecule has 0 bridgehead atoms. The fourth-order valence-corrected chi connectivity index (χ4v) is 3.31. The molecule has 124 valence electrons. The summed E-state index contributed by atoms with van der Waals surface area (Å²) in [5.74, 6) is 1.00. The van der Waals surface area contributed by atoms with Gasteiger partial charge in [-0.3, -0.25) is 4.79 Å². The Morgan fingerprint density at radius 2 is 2.23 bits per heavy atom. The molecule has 0 aliphatic carbocycles. The molecule has 6 heteroatoms. The molecular formula is C16H24BrClN2O2. The molecule has 1 aromatic carbocycles. The average Bonchev–Trinajstić information content (AvgIpc) is 2.47. The molecule has 1 aliphatic heterocycles. The molecule has 0 saturated carbocycles. The second-order valence-electron chi connectivity index (χ2n) is 5.96. The molecule has 2 rings (SSSR count). The Hall–Kier alpha value is -0.780. The van der Waals surface area contributed by atoms with Gasteiger partial charge in [0.1, 0.15) is 5.75 Å². The van der Waals surface area contributed by atoms with Gasteiger partial charge in [0.05, 0.1) is 12.5 Å². The van der Waals surface area contributed by atoms with Crippen molar-refractivity contribution < 1.29 is 9.53 Å². The van der Waals surface area contributed by atoms with Crippen LogP contribution in [0.1, 0.15) is 25.3 Å². The van der Waals surface area contributed by atoms with Crippen LogP contribution in [0.15, 0.2) is 22.7 Å². The lowest BCUT2D eigenvalue weighted by molar-refractivity contribution is -0.141. The van der Waals surface area contributed by atoms with Crippen LogP contribution in [0.3, 0.4) is 0 Å². The molecule has 1 amide bonds. The van der Waals surface area contributed by atoms with Crippen molar-refractivity contribution >= 4 is 34.2 Å². The van der Waals surface area contributed by atoms with E-state index < -0.39 is 0 Å². The Morgan fingerprint density at radius 3 is 2.82 bits per heavy atom. The topological polar surface area (TPSA) is 41.6 Å². The maximum Gasteiger partial charge on any atom is 0.229 e. The number of piperidine rings is 1. The molecule has 1 N–H and O–H groups in total. The number of nitrogens with one attached hydrogen (secondary N) is 1. The van der Waals surface area contributed by atoms with Gasteiger partial charge in [-0.25, -0.2) is 0 Å². The second kappa shape index (κ2) is 8.18. The van der Waals surface area contributed by atoms with Crippen molar-refractivity contribution in [3.8, 4) is 5.75 Å². The normalized spacial score (nSPS) is 20.9. The van der Waals surface area contributed by atoms with Gasteiger partial charge in [0.15, 0.2) is 0 Å². The molecule has 22 heavy (non-hydrogen) atoms. The van der Waals surface area contributed by atoms with E-state index in [2.05, 4.69) is 28.2 Å². The van der Waals surface area contributed by atoms with Gasteiger partial charge in [-0.15, -0.1) is 12.4 Å². The molecule has 1 heterocycles. The fraction of sp³-hybridized carbons (Fsp3) is 0.562. The van der Waals surface area contributed by atoms with Crippen LogP contribution in [0.4, 0.5) is 0 Å². The molecule has 1 aliphatic rings. The lowest BCUT2D eigenvalue weighted by Gasteiger charge is -2.36. The molecule has 4 nitrogen and oxygen atoms in total. The van der Waals surface area contributed by atoms with Crippen LogP contribution in [0.25, 0.3) is 0 Å². The highest BCUT2D eigenvalue weighted by Crippen LogP contribution is 2.30. The number of rotatable bonds is 4. The monoisotopic (exact) mass is 390 g/mol. The minimum absolute atomic E-state index is 0. The van der Waals surface area contributed by atoms with E-state index in [4.69, 9.17) is 4.74 Å². The highest BCUT2D eigenvalue weighted by molar-refractivity contribution is 9.10. The van der Waals surface area contributed by atoms with Gasteiger partial charge < -0.3 is 15.0 Å². The quantitative estimate of drug-likeness (QED) is 0.857. The van der Waals surface area contributed by atoms with Crippen LogP contribution in [0, 0.1) is 5.41 Å². The van der Waals surface area contributed by atoms with Gasteiger partial charge in [-0.05, 0) is 44.5 Å². The summed E-state index contributed by atoms with van der Waals surface area (Å²) in [7, 11) is 3.52. The number of nitrogens with zero attached hydrogens (tertiary/aromatic N) is 1. The van der Waals surface area contributed by atoms with Crippen molar-refractivity contribution in [1.29, 1.82) is 0 Å². The third-order valence-electron chi connectivity index (χ3n) is 4.11. The molecule has 1 fully saturated rings. The lowest BCUT2D eigenvalue weighted by Crippen LogP contribution is -2.48. The number of methoxy groups -OCH3 is 1. The number of carbonyl (C=O) groups excluding carboxylic acids is 1. The smallest absolute Gasteiger partial charge is 0.229 e. The second-order valence-corrected chi connectivity index (χ2v) is 6.87. The van der Waals surface area contributed by atoms with Gasteiger partial charge in [-0.1, -0.05) is 15.9 Å². The fourth-order valence-electron chi connectivity index (χ4n) is 2.90. The number of hydrogen-bond donors (Lipinski definition) is 1. The minimum Gasteiger partial charge on any atom is -0.496 e. The number of amides is 1. The summed E-state index contributed by atoms with van der Waals surface area (Å²) in [6, 6.07) is 5.86. The standard InChI is InChI=1S/C16H23BrN2O2.ClH/c1-16(7-4-8-18-11-16)15(20)19(2)10-12-9-13(17)5-6-14(12)21-3;/h5-6,9,18H,4,7-8,10-11H2,1-3H3;1H. The first kappa shape index (κ1) is 19.3. The summed E-state index contributed by atoms with van der Waals surface area (Å²) in [6.45, 7) is 4.37. The molecule has 1 aromatic rings. The van der Waals surface area contributed by atoms with Crippen LogP contribution < -0.4 is 10.1 Å². The maximum atomic E-state index is 12.7. The van der Waals surface area contributed by atoms with Gasteiger partial charge in [0.2, 0.25) is 5.91 Å². The number of hydrogen-bond acceptors (Lipinski definition) is 3. The van der Waals surface area contributed by atoms with Crippen molar-refractivity contribution in [2.75, 3.05) is 27.2 Å². The number of carbonyl (C=O) groups is 1. The predicted molar refractivity (Wildman–Crippen MR) is 94.6 cm³/mol.